The number of hydrogen-bond donors (Lipinski definition) is 1. The van der Waals surface area contributed by atoms with Gasteiger partial charge in [0.2, 0.25) is 0 Å². The summed E-state index contributed by atoms with van der Waals surface area (Å²) in [5.74, 6) is 0.998. The van der Waals surface area contributed by atoms with Crippen LogP contribution in [0.2, 0.25) is 5.02 Å². The summed E-state index contributed by atoms with van der Waals surface area (Å²) in [6, 6.07) is 10.8. The van der Waals surface area contributed by atoms with E-state index in [-0.39, 0.29) is 5.91 Å². The van der Waals surface area contributed by atoms with E-state index in [1.165, 1.54) is 0 Å². The van der Waals surface area contributed by atoms with Gasteiger partial charge >= 0.3 is 0 Å². The van der Waals surface area contributed by atoms with E-state index in [0.717, 1.165) is 12.0 Å². The van der Waals surface area contributed by atoms with Crippen molar-refractivity contribution >= 4 is 23.2 Å². The summed E-state index contributed by atoms with van der Waals surface area (Å²) in [5.41, 5.74) is 2.12. The van der Waals surface area contributed by atoms with Crippen LogP contribution >= 0.6 is 11.6 Å². The zero-order chi connectivity index (χ0) is 15.5. The normalized spacial score (nSPS) is 13.4. The van der Waals surface area contributed by atoms with E-state index in [2.05, 4.69) is 5.32 Å². The van der Waals surface area contributed by atoms with Gasteiger partial charge in [0.25, 0.3) is 5.91 Å². The molecule has 0 unspecified atom stereocenters. The van der Waals surface area contributed by atoms with Crippen LogP contribution in [0, 0.1) is 6.92 Å². The van der Waals surface area contributed by atoms with Crippen LogP contribution in [-0.4, -0.2) is 19.1 Å². The van der Waals surface area contributed by atoms with Crippen LogP contribution in [0.5, 0.6) is 11.5 Å². The van der Waals surface area contributed by atoms with Gasteiger partial charge < -0.3 is 14.8 Å². The van der Waals surface area contributed by atoms with Gasteiger partial charge in [-0.05, 0) is 19.1 Å². The van der Waals surface area contributed by atoms with Crippen molar-refractivity contribution in [3.05, 3.63) is 52.5 Å². The molecule has 5 heteroatoms. The van der Waals surface area contributed by atoms with E-state index >= 15 is 0 Å². The minimum atomic E-state index is -0.208. The molecule has 1 N–H and O–H groups in total. The number of nitrogens with one attached hydrogen (secondary N) is 1. The fourth-order valence-corrected chi connectivity index (χ4v) is 2.46. The summed E-state index contributed by atoms with van der Waals surface area (Å²) in [7, 11) is 0. The number of amides is 1. The Kier molecular flexibility index (Phi) is 4.20. The maximum absolute atomic E-state index is 12.3. The quantitative estimate of drug-likeness (QED) is 0.908. The van der Waals surface area contributed by atoms with Crippen molar-refractivity contribution in [3.63, 3.8) is 0 Å². The highest BCUT2D eigenvalue weighted by atomic mass is 35.5. The Morgan fingerprint density at radius 2 is 1.86 bits per heavy atom. The summed E-state index contributed by atoms with van der Waals surface area (Å²) >= 11 is 6.23. The molecule has 22 heavy (non-hydrogen) atoms. The molecule has 3 rings (SSSR count). The van der Waals surface area contributed by atoms with Crippen molar-refractivity contribution in [3.8, 4) is 11.5 Å². The second-order valence-electron chi connectivity index (χ2n) is 5.15. The van der Waals surface area contributed by atoms with Crippen LogP contribution < -0.4 is 14.8 Å². The van der Waals surface area contributed by atoms with E-state index < -0.39 is 0 Å². The van der Waals surface area contributed by atoms with E-state index in [1.54, 1.807) is 18.2 Å². The third-order valence-corrected chi connectivity index (χ3v) is 3.68. The molecule has 0 aromatic heterocycles. The first-order valence-electron chi connectivity index (χ1n) is 7.10. The van der Waals surface area contributed by atoms with Gasteiger partial charge in [-0.15, -0.1) is 0 Å². The average molecular weight is 318 g/mol. The predicted molar refractivity (Wildman–Crippen MR) is 86.2 cm³/mol. The van der Waals surface area contributed by atoms with Gasteiger partial charge in [0.1, 0.15) is 0 Å². The Morgan fingerprint density at radius 1 is 1.14 bits per heavy atom. The fourth-order valence-electron chi connectivity index (χ4n) is 2.26. The average Bonchev–Trinajstić information content (AvgIpc) is 2.72. The molecule has 0 spiro atoms. The lowest BCUT2D eigenvalue weighted by molar-refractivity contribution is 0.102. The largest absolute Gasteiger partial charge is 0.490 e. The molecule has 4 nitrogen and oxygen atoms in total. The molecule has 0 atom stereocenters. The highest BCUT2D eigenvalue weighted by Crippen LogP contribution is 2.37. The zero-order valence-corrected chi connectivity index (χ0v) is 12.9. The lowest BCUT2D eigenvalue weighted by atomic mass is 10.1. The number of ether oxygens (including phenoxy) is 2. The van der Waals surface area contributed by atoms with Crippen molar-refractivity contribution in [1.82, 2.24) is 0 Å². The van der Waals surface area contributed by atoms with Gasteiger partial charge in [0.15, 0.2) is 11.5 Å². The Bertz CT molecular complexity index is 715. The van der Waals surface area contributed by atoms with Gasteiger partial charge in [-0.3, -0.25) is 4.79 Å². The number of benzene rings is 2. The molecule has 1 aliphatic rings. The number of fused-ring (bicyclic) bond motifs is 1. The standard InChI is InChI=1S/C17H16ClNO3/c1-11-4-2-5-12(8-11)17(20)19-14-10-16-15(9-13(14)18)21-6-3-7-22-16/h2,4-5,8-10H,3,6-7H2,1H3,(H,19,20). The van der Waals surface area contributed by atoms with E-state index in [0.29, 0.717) is 41.0 Å². The second-order valence-corrected chi connectivity index (χ2v) is 5.56. The predicted octanol–water partition coefficient (Wildman–Crippen LogP) is 4.06. The minimum absolute atomic E-state index is 0.208. The van der Waals surface area contributed by atoms with Crippen LogP contribution in [0.4, 0.5) is 5.69 Å². The van der Waals surface area contributed by atoms with Crippen molar-refractivity contribution in [2.24, 2.45) is 0 Å². The Morgan fingerprint density at radius 3 is 2.59 bits per heavy atom. The van der Waals surface area contributed by atoms with Crippen LogP contribution in [0.25, 0.3) is 0 Å². The Labute approximate surface area is 134 Å². The number of aryl methyl sites for hydroxylation is 1. The molecule has 0 saturated heterocycles. The van der Waals surface area contributed by atoms with Gasteiger partial charge in [0.05, 0.1) is 23.9 Å². The molecule has 2 aromatic carbocycles. The molecule has 0 saturated carbocycles. The first-order valence-corrected chi connectivity index (χ1v) is 7.48. The number of carbonyl (C=O) groups is 1. The van der Waals surface area contributed by atoms with Gasteiger partial charge in [-0.25, -0.2) is 0 Å². The van der Waals surface area contributed by atoms with Gasteiger partial charge in [-0.2, -0.15) is 0 Å². The number of rotatable bonds is 2. The lowest BCUT2D eigenvalue weighted by Crippen LogP contribution is -2.12. The van der Waals surface area contributed by atoms with Crippen molar-refractivity contribution in [2.45, 2.75) is 13.3 Å². The lowest BCUT2D eigenvalue weighted by Gasteiger charge is -2.12. The molecule has 114 valence electrons. The van der Waals surface area contributed by atoms with Gasteiger partial charge in [0, 0.05) is 24.1 Å². The van der Waals surface area contributed by atoms with Crippen molar-refractivity contribution in [2.75, 3.05) is 18.5 Å². The van der Waals surface area contributed by atoms with Crippen LogP contribution in [0.3, 0.4) is 0 Å². The third-order valence-electron chi connectivity index (χ3n) is 3.37. The van der Waals surface area contributed by atoms with E-state index in [4.69, 9.17) is 21.1 Å². The molecule has 0 radical (unpaired) electrons. The third kappa shape index (κ3) is 3.17. The minimum Gasteiger partial charge on any atom is -0.490 e. The number of carbonyl (C=O) groups excluding carboxylic acids is 1. The Hall–Kier alpha value is -2.20. The molecular formula is C17H16ClNO3. The van der Waals surface area contributed by atoms with E-state index in [9.17, 15) is 4.79 Å². The summed E-state index contributed by atoms with van der Waals surface area (Å²) in [4.78, 5) is 12.3. The number of halogens is 1. The Balaban J connectivity index is 1.86. The first kappa shape index (κ1) is 14.7. The highest BCUT2D eigenvalue weighted by Gasteiger charge is 2.16. The molecule has 1 amide bonds. The molecule has 0 aliphatic carbocycles. The summed E-state index contributed by atoms with van der Waals surface area (Å²) in [6.07, 6.45) is 0.817. The summed E-state index contributed by atoms with van der Waals surface area (Å²) in [5, 5.41) is 3.24. The van der Waals surface area contributed by atoms with Gasteiger partial charge in [-0.1, -0.05) is 29.3 Å². The van der Waals surface area contributed by atoms with Crippen LogP contribution in [0.15, 0.2) is 36.4 Å². The fraction of sp³-hybridized carbons (Fsp3) is 0.235. The molecule has 2 aromatic rings. The summed E-state index contributed by atoms with van der Waals surface area (Å²) < 4.78 is 11.2. The molecule has 1 aliphatic heterocycles. The molecule has 0 bridgehead atoms. The zero-order valence-electron chi connectivity index (χ0n) is 12.2. The SMILES string of the molecule is Cc1cccc(C(=O)Nc2cc3c(cc2Cl)OCCCO3)c1. The maximum atomic E-state index is 12.3. The number of anilines is 1. The molecule has 1 heterocycles. The molecular weight excluding hydrogens is 302 g/mol. The smallest absolute Gasteiger partial charge is 0.255 e. The van der Waals surface area contributed by atoms with Crippen LogP contribution in [0.1, 0.15) is 22.3 Å². The monoisotopic (exact) mass is 317 g/mol. The number of hydrogen-bond acceptors (Lipinski definition) is 3. The summed E-state index contributed by atoms with van der Waals surface area (Å²) in [6.45, 7) is 3.12. The second kappa shape index (κ2) is 6.28. The van der Waals surface area contributed by atoms with Crippen molar-refractivity contribution < 1.29 is 14.3 Å². The van der Waals surface area contributed by atoms with Crippen molar-refractivity contribution in [1.29, 1.82) is 0 Å². The maximum Gasteiger partial charge on any atom is 0.255 e. The van der Waals surface area contributed by atoms with Crippen LogP contribution in [-0.2, 0) is 0 Å². The highest BCUT2D eigenvalue weighted by molar-refractivity contribution is 6.34. The van der Waals surface area contributed by atoms with E-state index in [1.807, 2.05) is 25.1 Å². The first-order chi connectivity index (χ1) is 10.6. The molecule has 0 fully saturated rings. The topological polar surface area (TPSA) is 47.6 Å².